The van der Waals surface area contributed by atoms with Gasteiger partial charge in [0.25, 0.3) is 5.78 Å². The Morgan fingerprint density at radius 3 is 2.67 bits per heavy atom. The van der Waals surface area contributed by atoms with Crippen LogP contribution in [0.15, 0.2) is 23.4 Å². The molecule has 0 amide bonds. The molecule has 1 aliphatic rings. The van der Waals surface area contributed by atoms with Gasteiger partial charge in [0.15, 0.2) is 5.76 Å². The molecule has 1 aliphatic heterocycles. The smallest absolute Gasteiger partial charge is 0.265 e. The van der Waals surface area contributed by atoms with Gasteiger partial charge in [-0.05, 0) is 19.4 Å². The van der Waals surface area contributed by atoms with Crippen molar-refractivity contribution in [1.82, 2.24) is 0 Å². The van der Waals surface area contributed by atoms with Gasteiger partial charge in [-0.2, -0.15) is 0 Å². The first-order valence-electron chi connectivity index (χ1n) is 3.99. The van der Waals surface area contributed by atoms with Crippen LogP contribution in [0.25, 0.3) is 0 Å². The Labute approximate surface area is 71.3 Å². The van der Waals surface area contributed by atoms with E-state index in [-0.39, 0.29) is 11.5 Å². The largest absolute Gasteiger partial charge is 0.502 e. The number of Topliss-reactive ketones (excluding diaryl/α,β-unsaturated/α-hetero) is 1. The van der Waals surface area contributed by atoms with Gasteiger partial charge in [-0.25, -0.2) is 0 Å². The van der Waals surface area contributed by atoms with Gasteiger partial charge in [0.05, 0.1) is 0 Å². The molecule has 0 aromatic heterocycles. The SMILES string of the molecule is CCC/C=C1\OC(C)=C(O)C1=O. The van der Waals surface area contributed by atoms with Crippen LogP contribution in [0.4, 0.5) is 0 Å². The molecule has 1 heterocycles. The number of aliphatic hydroxyl groups is 1. The first-order valence-corrected chi connectivity index (χ1v) is 3.99. The number of hydrogen-bond acceptors (Lipinski definition) is 3. The number of ketones is 1. The van der Waals surface area contributed by atoms with E-state index in [1.165, 1.54) is 0 Å². The van der Waals surface area contributed by atoms with Crippen LogP contribution >= 0.6 is 0 Å². The fraction of sp³-hybridized carbons (Fsp3) is 0.444. The van der Waals surface area contributed by atoms with Crippen LogP contribution < -0.4 is 0 Å². The van der Waals surface area contributed by atoms with E-state index < -0.39 is 5.78 Å². The minimum atomic E-state index is -0.402. The highest BCUT2D eigenvalue weighted by atomic mass is 16.5. The number of ether oxygens (including phenoxy) is 1. The van der Waals surface area contributed by atoms with Crippen molar-refractivity contribution < 1.29 is 14.6 Å². The normalized spacial score (nSPS) is 20.5. The highest BCUT2D eigenvalue weighted by Crippen LogP contribution is 2.22. The minimum Gasteiger partial charge on any atom is -0.502 e. The van der Waals surface area contributed by atoms with Crippen LogP contribution in [-0.2, 0) is 9.53 Å². The zero-order valence-electron chi connectivity index (χ0n) is 7.26. The molecule has 3 heteroatoms. The Hall–Kier alpha value is -1.25. The molecule has 0 aromatic carbocycles. The molecule has 0 saturated carbocycles. The van der Waals surface area contributed by atoms with Crippen LogP contribution in [0.2, 0.25) is 0 Å². The van der Waals surface area contributed by atoms with Crippen molar-refractivity contribution in [3.05, 3.63) is 23.4 Å². The fourth-order valence-electron chi connectivity index (χ4n) is 0.946. The van der Waals surface area contributed by atoms with E-state index in [9.17, 15) is 4.79 Å². The van der Waals surface area contributed by atoms with E-state index in [0.717, 1.165) is 12.8 Å². The van der Waals surface area contributed by atoms with E-state index in [2.05, 4.69) is 0 Å². The summed E-state index contributed by atoms with van der Waals surface area (Å²) in [4.78, 5) is 11.1. The maximum absolute atomic E-state index is 11.1. The molecule has 12 heavy (non-hydrogen) atoms. The van der Waals surface area contributed by atoms with Crippen molar-refractivity contribution in [3.63, 3.8) is 0 Å². The average molecular weight is 168 g/mol. The van der Waals surface area contributed by atoms with Crippen LogP contribution in [0.5, 0.6) is 0 Å². The molecule has 0 bridgehead atoms. The van der Waals surface area contributed by atoms with Crippen molar-refractivity contribution in [2.45, 2.75) is 26.7 Å². The molecule has 0 saturated heterocycles. The lowest BCUT2D eigenvalue weighted by Crippen LogP contribution is -1.98. The fourth-order valence-corrected chi connectivity index (χ4v) is 0.946. The topological polar surface area (TPSA) is 46.5 Å². The van der Waals surface area contributed by atoms with E-state index in [1.54, 1.807) is 13.0 Å². The second-order valence-corrected chi connectivity index (χ2v) is 2.69. The second kappa shape index (κ2) is 3.43. The van der Waals surface area contributed by atoms with E-state index in [1.807, 2.05) is 6.92 Å². The number of carbonyl (C=O) groups excluding carboxylic acids is 1. The zero-order valence-corrected chi connectivity index (χ0v) is 7.26. The van der Waals surface area contributed by atoms with Crippen molar-refractivity contribution >= 4 is 5.78 Å². The Morgan fingerprint density at radius 1 is 1.58 bits per heavy atom. The van der Waals surface area contributed by atoms with Gasteiger partial charge in [-0.3, -0.25) is 4.79 Å². The molecule has 0 radical (unpaired) electrons. The summed E-state index contributed by atoms with van der Waals surface area (Å²) < 4.78 is 5.03. The number of aliphatic hydroxyl groups excluding tert-OH is 1. The third-order valence-corrected chi connectivity index (χ3v) is 1.65. The highest BCUT2D eigenvalue weighted by Gasteiger charge is 2.26. The summed E-state index contributed by atoms with van der Waals surface area (Å²) in [6.45, 7) is 3.58. The van der Waals surface area contributed by atoms with Gasteiger partial charge < -0.3 is 9.84 Å². The molecule has 66 valence electrons. The molecular formula is C9H12O3. The second-order valence-electron chi connectivity index (χ2n) is 2.69. The van der Waals surface area contributed by atoms with Crippen molar-refractivity contribution in [2.75, 3.05) is 0 Å². The average Bonchev–Trinajstić information content (AvgIpc) is 2.30. The number of rotatable bonds is 2. The van der Waals surface area contributed by atoms with E-state index >= 15 is 0 Å². The lowest BCUT2D eigenvalue weighted by Gasteiger charge is -1.95. The molecule has 0 unspecified atom stereocenters. The molecule has 0 spiro atoms. The maximum Gasteiger partial charge on any atom is 0.265 e. The number of allylic oxidation sites excluding steroid dienone is 2. The molecule has 0 aliphatic carbocycles. The number of unbranched alkanes of at least 4 members (excludes halogenated alkanes) is 1. The quantitative estimate of drug-likeness (QED) is 0.642. The van der Waals surface area contributed by atoms with Crippen LogP contribution in [-0.4, -0.2) is 10.9 Å². The Balaban J connectivity index is 2.73. The summed E-state index contributed by atoms with van der Waals surface area (Å²) in [7, 11) is 0. The maximum atomic E-state index is 11.1. The van der Waals surface area contributed by atoms with Gasteiger partial charge in [0.1, 0.15) is 5.76 Å². The highest BCUT2D eigenvalue weighted by molar-refractivity contribution is 6.07. The van der Waals surface area contributed by atoms with Crippen molar-refractivity contribution in [1.29, 1.82) is 0 Å². The standard InChI is InChI=1S/C9H12O3/c1-3-4-5-7-9(11)8(10)6(2)12-7/h5,10H,3-4H2,1-2H3/b7-5-. The monoisotopic (exact) mass is 168 g/mol. The summed E-state index contributed by atoms with van der Waals surface area (Å²) in [6.07, 6.45) is 3.45. The summed E-state index contributed by atoms with van der Waals surface area (Å²) in [5.41, 5.74) is 0. The van der Waals surface area contributed by atoms with Gasteiger partial charge in [0, 0.05) is 0 Å². The van der Waals surface area contributed by atoms with Gasteiger partial charge in [0.2, 0.25) is 5.76 Å². The number of carbonyl (C=O) groups is 1. The molecule has 0 fully saturated rings. The molecular weight excluding hydrogens is 156 g/mol. The van der Waals surface area contributed by atoms with Crippen LogP contribution in [0.1, 0.15) is 26.7 Å². The Morgan fingerprint density at radius 2 is 2.25 bits per heavy atom. The molecule has 1 rings (SSSR count). The third kappa shape index (κ3) is 1.49. The number of hydrogen-bond donors (Lipinski definition) is 1. The summed E-state index contributed by atoms with van der Waals surface area (Å²) in [5.74, 6) is -0.118. The predicted octanol–water partition coefficient (Wildman–Crippen LogP) is 2.06. The lowest BCUT2D eigenvalue weighted by atomic mass is 10.2. The minimum absolute atomic E-state index is 0.256. The molecule has 0 aromatic rings. The van der Waals surface area contributed by atoms with Crippen LogP contribution in [0, 0.1) is 0 Å². The Kier molecular flexibility index (Phi) is 2.53. The predicted molar refractivity (Wildman–Crippen MR) is 44.4 cm³/mol. The molecule has 1 N–H and O–H groups in total. The van der Waals surface area contributed by atoms with Gasteiger partial charge >= 0.3 is 0 Å². The molecule has 0 atom stereocenters. The first kappa shape index (κ1) is 8.84. The Bertz CT molecular complexity index is 261. The van der Waals surface area contributed by atoms with E-state index in [0.29, 0.717) is 5.76 Å². The van der Waals surface area contributed by atoms with Crippen molar-refractivity contribution in [3.8, 4) is 0 Å². The van der Waals surface area contributed by atoms with Crippen LogP contribution in [0.3, 0.4) is 0 Å². The summed E-state index contributed by atoms with van der Waals surface area (Å²) in [5, 5.41) is 9.10. The van der Waals surface area contributed by atoms with Gasteiger partial charge in [-0.1, -0.05) is 13.3 Å². The third-order valence-electron chi connectivity index (χ3n) is 1.65. The summed E-state index contributed by atoms with van der Waals surface area (Å²) >= 11 is 0. The first-order chi connectivity index (χ1) is 5.66. The van der Waals surface area contributed by atoms with Gasteiger partial charge in [-0.15, -0.1) is 0 Å². The van der Waals surface area contributed by atoms with Crippen molar-refractivity contribution in [2.24, 2.45) is 0 Å². The molecule has 3 nitrogen and oxygen atoms in total. The summed E-state index contributed by atoms with van der Waals surface area (Å²) in [6, 6.07) is 0. The van der Waals surface area contributed by atoms with E-state index in [4.69, 9.17) is 9.84 Å². The lowest BCUT2D eigenvalue weighted by molar-refractivity contribution is -0.115. The zero-order chi connectivity index (χ0) is 9.14.